The summed E-state index contributed by atoms with van der Waals surface area (Å²) in [5.74, 6) is 0.757. The second kappa shape index (κ2) is 7.69. The van der Waals surface area contributed by atoms with Gasteiger partial charge in [0.15, 0.2) is 0 Å². The Morgan fingerprint density at radius 3 is 2.48 bits per heavy atom. The molecule has 1 aromatic heterocycles. The van der Waals surface area contributed by atoms with Gasteiger partial charge in [-0.25, -0.2) is 4.98 Å². The largest absolute Gasteiger partial charge is 0.468 e. The van der Waals surface area contributed by atoms with Crippen LogP contribution < -0.4 is 4.74 Å². The van der Waals surface area contributed by atoms with E-state index in [9.17, 15) is 0 Å². The third-order valence-corrected chi connectivity index (χ3v) is 5.50. The zero-order chi connectivity index (χ0) is 19.6. The van der Waals surface area contributed by atoms with Crippen molar-refractivity contribution in [2.75, 3.05) is 6.54 Å². The number of hydrogen-bond acceptors (Lipinski definition) is 3. The monoisotopic (exact) mass is 380 g/mol. The summed E-state index contributed by atoms with van der Waals surface area (Å²) in [6.45, 7) is 4.63. The molecular weight excluding hydrogens is 356 g/mol. The number of ether oxygens (including phenoxy) is 1. The van der Waals surface area contributed by atoms with Crippen molar-refractivity contribution in [2.45, 2.75) is 26.1 Å². The molecule has 4 aromatic rings. The molecule has 3 aromatic carbocycles. The van der Waals surface area contributed by atoms with Crippen molar-refractivity contribution in [3.8, 4) is 5.88 Å². The van der Waals surface area contributed by atoms with Crippen molar-refractivity contribution in [3.63, 3.8) is 0 Å². The maximum atomic E-state index is 6.51. The van der Waals surface area contributed by atoms with Gasteiger partial charge in [-0.3, -0.25) is 4.90 Å². The van der Waals surface area contributed by atoms with Gasteiger partial charge in [0.25, 0.3) is 0 Å². The number of hydrogen-bond donors (Lipinski definition) is 0. The van der Waals surface area contributed by atoms with E-state index in [2.05, 4.69) is 90.7 Å². The number of fused-ring (bicyclic) bond motifs is 2. The highest BCUT2D eigenvalue weighted by Crippen LogP contribution is 2.32. The summed E-state index contributed by atoms with van der Waals surface area (Å²) >= 11 is 0. The Bertz CT molecular complexity index is 1130. The van der Waals surface area contributed by atoms with Crippen molar-refractivity contribution < 1.29 is 4.74 Å². The van der Waals surface area contributed by atoms with Crippen molar-refractivity contribution in [3.05, 3.63) is 107 Å². The minimum atomic E-state index is -0.0454. The molecule has 0 amide bonds. The normalized spacial score (nSPS) is 16.8. The molecule has 0 saturated carbocycles. The smallest absolute Gasteiger partial charge is 0.219 e. The first-order valence-electron chi connectivity index (χ1n) is 10.1. The number of nitrogens with zero attached hydrogens (tertiary/aromatic N) is 2. The van der Waals surface area contributed by atoms with Crippen molar-refractivity contribution >= 4 is 10.9 Å². The van der Waals surface area contributed by atoms with Gasteiger partial charge < -0.3 is 4.74 Å². The number of benzene rings is 3. The second-order valence-electron chi connectivity index (χ2n) is 7.82. The molecule has 2 heterocycles. The van der Waals surface area contributed by atoms with Gasteiger partial charge in [0.05, 0.1) is 5.52 Å². The summed E-state index contributed by atoms with van der Waals surface area (Å²) in [5, 5.41) is 1.16. The SMILES string of the molecule is Cc1ccc2cc3c(nc2c1)OC(c1ccccc1)CN(Cc1ccccc1)C3. The molecular formula is C26H24N2O. The average molecular weight is 380 g/mol. The molecule has 1 aliphatic heterocycles. The highest BCUT2D eigenvalue weighted by Gasteiger charge is 2.25. The van der Waals surface area contributed by atoms with Crippen molar-refractivity contribution in [1.82, 2.24) is 9.88 Å². The van der Waals surface area contributed by atoms with E-state index < -0.39 is 0 Å². The molecule has 0 saturated heterocycles. The third-order valence-electron chi connectivity index (χ3n) is 5.50. The number of rotatable bonds is 3. The van der Waals surface area contributed by atoms with E-state index in [-0.39, 0.29) is 6.10 Å². The van der Waals surface area contributed by atoms with Crippen LogP contribution in [0.1, 0.15) is 28.4 Å². The fourth-order valence-electron chi connectivity index (χ4n) is 4.03. The van der Waals surface area contributed by atoms with E-state index in [0.717, 1.165) is 42.0 Å². The van der Waals surface area contributed by atoms with E-state index in [1.807, 2.05) is 6.07 Å². The summed E-state index contributed by atoms with van der Waals surface area (Å²) in [6, 6.07) is 29.8. The molecule has 0 fully saturated rings. The van der Waals surface area contributed by atoms with Crippen molar-refractivity contribution in [2.24, 2.45) is 0 Å². The Kier molecular flexibility index (Phi) is 4.74. The van der Waals surface area contributed by atoms with E-state index in [1.54, 1.807) is 0 Å². The molecule has 29 heavy (non-hydrogen) atoms. The molecule has 0 aliphatic carbocycles. The fourth-order valence-corrected chi connectivity index (χ4v) is 4.03. The zero-order valence-electron chi connectivity index (χ0n) is 16.6. The van der Waals surface area contributed by atoms with Crippen LogP contribution in [0.25, 0.3) is 10.9 Å². The van der Waals surface area contributed by atoms with Crippen molar-refractivity contribution in [1.29, 1.82) is 0 Å². The van der Waals surface area contributed by atoms with Crippen LogP contribution in [0.15, 0.2) is 84.9 Å². The van der Waals surface area contributed by atoms with Gasteiger partial charge in [-0.15, -0.1) is 0 Å². The van der Waals surface area contributed by atoms with Gasteiger partial charge in [-0.1, -0.05) is 72.8 Å². The maximum Gasteiger partial charge on any atom is 0.219 e. The van der Waals surface area contributed by atoms with Crippen LogP contribution in [0.4, 0.5) is 0 Å². The van der Waals surface area contributed by atoms with E-state index in [4.69, 9.17) is 9.72 Å². The van der Waals surface area contributed by atoms with Gasteiger partial charge in [-0.2, -0.15) is 0 Å². The Labute approximate surface area is 171 Å². The van der Waals surface area contributed by atoms with Crippen LogP contribution in [0.3, 0.4) is 0 Å². The minimum absolute atomic E-state index is 0.0454. The first-order chi connectivity index (χ1) is 14.2. The molecule has 1 atom stereocenters. The molecule has 1 aliphatic rings. The Balaban J connectivity index is 1.56. The summed E-state index contributed by atoms with van der Waals surface area (Å²) < 4.78 is 6.51. The number of aryl methyl sites for hydroxylation is 1. The van der Waals surface area contributed by atoms with Gasteiger partial charge in [0, 0.05) is 30.6 Å². The molecule has 0 radical (unpaired) electrons. The highest BCUT2D eigenvalue weighted by molar-refractivity contribution is 5.80. The lowest BCUT2D eigenvalue weighted by atomic mass is 10.1. The Morgan fingerprint density at radius 2 is 1.69 bits per heavy atom. The molecule has 3 heteroatoms. The standard InChI is InChI=1S/C26H24N2O/c1-19-12-13-22-15-23-17-28(16-20-8-4-2-5-9-20)18-25(21-10-6-3-7-11-21)29-26(23)27-24(22)14-19/h2-15,25H,16-18H2,1H3. The Hall–Kier alpha value is -3.17. The lowest BCUT2D eigenvalue weighted by Gasteiger charge is -2.24. The van der Waals surface area contributed by atoms with Crippen LogP contribution >= 0.6 is 0 Å². The fraction of sp³-hybridized carbons (Fsp3) is 0.192. The van der Waals surface area contributed by atoms with E-state index >= 15 is 0 Å². The topological polar surface area (TPSA) is 25.4 Å². The molecule has 0 spiro atoms. The van der Waals surface area contributed by atoms with Crippen LogP contribution in [0, 0.1) is 6.92 Å². The predicted molar refractivity (Wildman–Crippen MR) is 117 cm³/mol. The van der Waals surface area contributed by atoms with Crippen LogP contribution in [-0.4, -0.2) is 16.4 Å². The molecule has 0 N–H and O–H groups in total. The quantitative estimate of drug-likeness (QED) is 0.457. The van der Waals surface area contributed by atoms with Gasteiger partial charge in [0.2, 0.25) is 5.88 Å². The minimum Gasteiger partial charge on any atom is -0.468 e. The van der Waals surface area contributed by atoms with Crippen LogP contribution in [0.2, 0.25) is 0 Å². The summed E-state index contributed by atoms with van der Waals surface area (Å²) in [7, 11) is 0. The van der Waals surface area contributed by atoms with E-state index in [1.165, 1.54) is 16.7 Å². The summed E-state index contributed by atoms with van der Waals surface area (Å²) in [6.07, 6.45) is -0.0454. The lowest BCUT2D eigenvalue weighted by Crippen LogP contribution is -2.27. The zero-order valence-corrected chi connectivity index (χ0v) is 16.6. The second-order valence-corrected chi connectivity index (χ2v) is 7.82. The molecule has 3 nitrogen and oxygen atoms in total. The lowest BCUT2D eigenvalue weighted by molar-refractivity contribution is 0.140. The molecule has 144 valence electrons. The first-order valence-corrected chi connectivity index (χ1v) is 10.1. The third kappa shape index (κ3) is 3.87. The van der Waals surface area contributed by atoms with Crippen LogP contribution in [-0.2, 0) is 13.1 Å². The van der Waals surface area contributed by atoms with Crippen LogP contribution in [0.5, 0.6) is 5.88 Å². The molecule has 1 unspecified atom stereocenters. The van der Waals surface area contributed by atoms with E-state index in [0.29, 0.717) is 0 Å². The summed E-state index contributed by atoms with van der Waals surface area (Å²) in [5.41, 5.74) is 5.85. The first kappa shape index (κ1) is 17.9. The molecule has 5 rings (SSSR count). The summed E-state index contributed by atoms with van der Waals surface area (Å²) in [4.78, 5) is 7.36. The Morgan fingerprint density at radius 1 is 0.931 bits per heavy atom. The highest BCUT2D eigenvalue weighted by atomic mass is 16.5. The van der Waals surface area contributed by atoms with Gasteiger partial charge in [-0.05, 0) is 35.7 Å². The maximum absolute atomic E-state index is 6.51. The number of aromatic nitrogens is 1. The van der Waals surface area contributed by atoms with Gasteiger partial charge in [0.1, 0.15) is 6.10 Å². The average Bonchev–Trinajstić information content (AvgIpc) is 2.92. The number of pyridine rings is 1. The van der Waals surface area contributed by atoms with Gasteiger partial charge >= 0.3 is 0 Å². The molecule has 0 bridgehead atoms. The predicted octanol–water partition coefficient (Wildman–Crippen LogP) is 5.68.